The standard InChI is InChI=1S/C17H16N4OS3/c1-3-22-21-12-6-8-23-17-13(12)20-16(25-17)14-10(2)19-15(24-14)11-5-4-7-18-9-11/h4-5,7,9H,3,6,8H2,1-2H3/b21-12+. The number of nitrogens with zero attached hydrogens (tertiary/aromatic N) is 4. The average molecular weight is 389 g/mol. The van der Waals surface area contributed by atoms with Gasteiger partial charge in [-0.1, -0.05) is 5.16 Å². The predicted octanol–water partition coefficient (Wildman–Crippen LogP) is 4.87. The highest BCUT2D eigenvalue weighted by atomic mass is 32.2. The van der Waals surface area contributed by atoms with Gasteiger partial charge in [-0.2, -0.15) is 0 Å². The molecule has 0 N–H and O–H groups in total. The maximum absolute atomic E-state index is 5.26. The van der Waals surface area contributed by atoms with Gasteiger partial charge in [0, 0.05) is 30.1 Å². The van der Waals surface area contributed by atoms with Gasteiger partial charge in [0.05, 0.1) is 14.8 Å². The highest BCUT2D eigenvalue weighted by molar-refractivity contribution is 8.01. The van der Waals surface area contributed by atoms with Crippen molar-refractivity contribution in [2.75, 3.05) is 12.4 Å². The Bertz CT molecular complexity index is 917. The molecule has 0 aromatic carbocycles. The molecule has 0 saturated carbocycles. The van der Waals surface area contributed by atoms with Crippen LogP contribution in [0.4, 0.5) is 0 Å². The Labute approximate surface area is 158 Å². The van der Waals surface area contributed by atoms with Crippen LogP contribution in [-0.4, -0.2) is 33.0 Å². The van der Waals surface area contributed by atoms with E-state index in [0.29, 0.717) is 6.61 Å². The molecular formula is C17H16N4OS3. The van der Waals surface area contributed by atoms with Gasteiger partial charge >= 0.3 is 0 Å². The van der Waals surface area contributed by atoms with Crippen molar-refractivity contribution in [3.05, 3.63) is 35.9 Å². The topological polar surface area (TPSA) is 60.3 Å². The van der Waals surface area contributed by atoms with E-state index in [1.807, 2.05) is 43.9 Å². The second-order valence-electron chi connectivity index (χ2n) is 5.38. The van der Waals surface area contributed by atoms with E-state index >= 15 is 0 Å². The lowest BCUT2D eigenvalue weighted by Gasteiger charge is -2.10. The first kappa shape index (κ1) is 16.7. The summed E-state index contributed by atoms with van der Waals surface area (Å²) in [5.41, 5.74) is 3.97. The lowest BCUT2D eigenvalue weighted by molar-refractivity contribution is 0.158. The Hall–Kier alpha value is -1.77. The van der Waals surface area contributed by atoms with E-state index in [9.17, 15) is 0 Å². The van der Waals surface area contributed by atoms with Gasteiger partial charge in [-0.25, -0.2) is 9.97 Å². The zero-order valence-corrected chi connectivity index (χ0v) is 16.3. The van der Waals surface area contributed by atoms with Crippen LogP contribution in [0, 0.1) is 6.92 Å². The first-order chi connectivity index (χ1) is 12.3. The molecule has 0 radical (unpaired) electrons. The molecule has 3 aromatic rings. The number of aromatic nitrogens is 3. The van der Waals surface area contributed by atoms with Crippen molar-refractivity contribution in [1.82, 2.24) is 15.0 Å². The third-order valence-electron chi connectivity index (χ3n) is 3.64. The van der Waals surface area contributed by atoms with E-state index in [1.54, 1.807) is 28.9 Å². The van der Waals surface area contributed by atoms with Gasteiger partial charge in [0.1, 0.15) is 28.0 Å². The Balaban J connectivity index is 1.72. The molecule has 1 aliphatic rings. The van der Waals surface area contributed by atoms with Crippen molar-refractivity contribution < 1.29 is 4.84 Å². The molecule has 0 atom stereocenters. The number of fused-ring (bicyclic) bond motifs is 1. The number of pyridine rings is 1. The van der Waals surface area contributed by atoms with Crippen molar-refractivity contribution in [2.24, 2.45) is 5.16 Å². The Kier molecular flexibility index (Phi) is 4.82. The van der Waals surface area contributed by atoms with Crippen LogP contribution in [-0.2, 0) is 4.84 Å². The van der Waals surface area contributed by atoms with Crippen molar-refractivity contribution in [3.8, 4) is 20.5 Å². The van der Waals surface area contributed by atoms with Gasteiger partial charge in [0.25, 0.3) is 0 Å². The Morgan fingerprint density at radius 1 is 1.24 bits per heavy atom. The fourth-order valence-electron chi connectivity index (χ4n) is 2.48. The largest absolute Gasteiger partial charge is 0.396 e. The number of thiazole rings is 2. The van der Waals surface area contributed by atoms with E-state index in [0.717, 1.165) is 49.7 Å². The SMILES string of the molecule is CCO/N=C1\CCSc2sc(-c3sc(-c4cccnc4)nc3C)nc21. The molecule has 0 fully saturated rings. The molecule has 4 rings (SSSR count). The summed E-state index contributed by atoms with van der Waals surface area (Å²) in [7, 11) is 0. The van der Waals surface area contributed by atoms with Crippen molar-refractivity contribution in [1.29, 1.82) is 0 Å². The molecule has 0 saturated heterocycles. The second-order valence-corrected chi connectivity index (χ2v) is 8.75. The number of aryl methyl sites for hydroxylation is 1. The van der Waals surface area contributed by atoms with Crippen LogP contribution in [0.2, 0.25) is 0 Å². The van der Waals surface area contributed by atoms with Crippen molar-refractivity contribution >= 4 is 40.1 Å². The lowest BCUT2D eigenvalue weighted by atomic mass is 10.2. The van der Waals surface area contributed by atoms with E-state index in [2.05, 4.69) is 10.1 Å². The first-order valence-corrected chi connectivity index (χ1v) is 10.6. The normalized spacial score (nSPS) is 15.4. The number of hydrogen-bond donors (Lipinski definition) is 0. The molecule has 25 heavy (non-hydrogen) atoms. The van der Waals surface area contributed by atoms with Gasteiger partial charge in [-0.15, -0.1) is 34.4 Å². The summed E-state index contributed by atoms with van der Waals surface area (Å²) >= 11 is 5.23. The Morgan fingerprint density at radius 3 is 2.96 bits per heavy atom. The average Bonchev–Trinajstić information content (AvgIpc) is 3.24. The van der Waals surface area contributed by atoms with Gasteiger partial charge in [0.2, 0.25) is 0 Å². The van der Waals surface area contributed by atoms with E-state index in [1.165, 1.54) is 4.21 Å². The lowest BCUT2D eigenvalue weighted by Crippen LogP contribution is -2.09. The van der Waals surface area contributed by atoms with E-state index < -0.39 is 0 Å². The molecule has 1 aliphatic heterocycles. The van der Waals surface area contributed by atoms with E-state index in [4.69, 9.17) is 14.8 Å². The summed E-state index contributed by atoms with van der Waals surface area (Å²) in [6.45, 7) is 4.55. The second kappa shape index (κ2) is 7.23. The van der Waals surface area contributed by atoms with Gasteiger partial charge in [0.15, 0.2) is 0 Å². The van der Waals surface area contributed by atoms with Crippen LogP contribution in [0.15, 0.2) is 33.9 Å². The minimum absolute atomic E-state index is 0.575. The van der Waals surface area contributed by atoms with Gasteiger partial charge in [-0.3, -0.25) is 4.98 Å². The van der Waals surface area contributed by atoms with Crippen molar-refractivity contribution in [2.45, 2.75) is 24.5 Å². The van der Waals surface area contributed by atoms with Crippen LogP contribution in [0.1, 0.15) is 24.7 Å². The monoisotopic (exact) mass is 388 g/mol. The number of thioether (sulfide) groups is 1. The van der Waals surface area contributed by atoms with Crippen LogP contribution >= 0.6 is 34.4 Å². The zero-order valence-electron chi connectivity index (χ0n) is 13.9. The molecule has 0 unspecified atom stereocenters. The summed E-state index contributed by atoms with van der Waals surface area (Å²) < 4.78 is 1.22. The third kappa shape index (κ3) is 3.33. The predicted molar refractivity (Wildman–Crippen MR) is 105 cm³/mol. The van der Waals surface area contributed by atoms with Crippen LogP contribution < -0.4 is 0 Å². The first-order valence-electron chi connectivity index (χ1n) is 7.97. The molecule has 0 spiro atoms. The van der Waals surface area contributed by atoms with Crippen LogP contribution in [0.5, 0.6) is 0 Å². The van der Waals surface area contributed by atoms with Crippen molar-refractivity contribution in [3.63, 3.8) is 0 Å². The summed E-state index contributed by atoms with van der Waals surface area (Å²) in [5.74, 6) is 1.02. The quantitative estimate of drug-likeness (QED) is 0.597. The Morgan fingerprint density at radius 2 is 2.16 bits per heavy atom. The molecule has 4 heterocycles. The fraction of sp³-hybridized carbons (Fsp3) is 0.294. The zero-order chi connectivity index (χ0) is 17.2. The fourth-order valence-corrected chi connectivity index (χ4v) is 5.99. The molecule has 128 valence electrons. The summed E-state index contributed by atoms with van der Waals surface area (Å²) in [4.78, 5) is 20.1. The van der Waals surface area contributed by atoms with Gasteiger partial charge < -0.3 is 4.84 Å². The molecular weight excluding hydrogens is 372 g/mol. The van der Waals surface area contributed by atoms with Crippen LogP contribution in [0.3, 0.4) is 0 Å². The summed E-state index contributed by atoms with van der Waals surface area (Å²) in [6, 6.07) is 3.96. The molecule has 0 aliphatic carbocycles. The van der Waals surface area contributed by atoms with E-state index in [-0.39, 0.29) is 0 Å². The highest BCUT2D eigenvalue weighted by Gasteiger charge is 2.24. The third-order valence-corrected chi connectivity index (χ3v) is 7.32. The summed E-state index contributed by atoms with van der Waals surface area (Å²) in [5, 5.41) is 6.24. The smallest absolute Gasteiger partial charge is 0.137 e. The van der Waals surface area contributed by atoms with Crippen LogP contribution in [0.25, 0.3) is 20.5 Å². The molecule has 0 amide bonds. The van der Waals surface area contributed by atoms with Gasteiger partial charge in [-0.05, 0) is 26.0 Å². The minimum Gasteiger partial charge on any atom is -0.396 e. The molecule has 5 nitrogen and oxygen atoms in total. The maximum Gasteiger partial charge on any atom is 0.137 e. The molecule has 3 aromatic heterocycles. The molecule has 0 bridgehead atoms. The summed E-state index contributed by atoms with van der Waals surface area (Å²) in [6.07, 6.45) is 4.51. The minimum atomic E-state index is 0.575. The number of hydrogen-bond acceptors (Lipinski definition) is 8. The number of oxime groups is 1. The molecule has 8 heteroatoms. The number of rotatable bonds is 4. The maximum atomic E-state index is 5.26. The highest BCUT2D eigenvalue weighted by Crippen LogP contribution is 2.42.